The van der Waals surface area contributed by atoms with Gasteiger partial charge in [-0.15, -0.1) is 0 Å². The van der Waals surface area contributed by atoms with Crippen molar-refractivity contribution in [2.45, 2.75) is 46.6 Å². The highest BCUT2D eigenvalue weighted by atomic mass is 16.4. The van der Waals surface area contributed by atoms with Gasteiger partial charge in [0, 0.05) is 11.4 Å². The smallest absolute Gasteiger partial charge is 0.323 e. The lowest BCUT2D eigenvalue weighted by Gasteiger charge is -2.15. The van der Waals surface area contributed by atoms with Gasteiger partial charge in [-0.25, -0.2) is 9.78 Å². The molecule has 1 aromatic heterocycles. The second-order valence-electron chi connectivity index (χ2n) is 9.72. The van der Waals surface area contributed by atoms with E-state index in [1.54, 1.807) is 28.8 Å². The Balaban J connectivity index is 1.52. The minimum Gasteiger partial charge on any atom is -0.481 e. The van der Waals surface area contributed by atoms with Gasteiger partial charge in [-0.1, -0.05) is 61.5 Å². The lowest BCUT2D eigenvalue weighted by Crippen LogP contribution is -2.27. The Kier molecular flexibility index (Phi) is 8.24. The lowest BCUT2D eigenvalue weighted by atomic mass is 9.97. The van der Waals surface area contributed by atoms with Crippen molar-refractivity contribution < 1.29 is 14.7 Å². The number of rotatable bonds is 8. The molecular formula is C31H32N4O4. The topological polar surface area (TPSA) is 113 Å². The summed E-state index contributed by atoms with van der Waals surface area (Å²) < 4.78 is 1.64. The molecule has 200 valence electrons. The van der Waals surface area contributed by atoms with Crippen LogP contribution in [0.1, 0.15) is 47.5 Å². The third kappa shape index (κ3) is 6.59. The minimum absolute atomic E-state index is 0.0643. The molecule has 0 saturated heterocycles. The van der Waals surface area contributed by atoms with Crippen LogP contribution in [0.5, 0.6) is 0 Å². The van der Waals surface area contributed by atoms with Crippen molar-refractivity contribution in [3.8, 4) is 11.1 Å². The summed E-state index contributed by atoms with van der Waals surface area (Å²) in [6, 6.07) is 21.9. The second kappa shape index (κ2) is 11.8. The van der Waals surface area contributed by atoms with Gasteiger partial charge < -0.3 is 15.7 Å². The van der Waals surface area contributed by atoms with E-state index < -0.39 is 5.97 Å². The van der Waals surface area contributed by atoms with Crippen LogP contribution in [0.3, 0.4) is 0 Å². The average Bonchev–Trinajstić information content (AvgIpc) is 2.89. The van der Waals surface area contributed by atoms with Crippen LogP contribution in [0.4, 0.5) is 16.2 Å². The standard InChI is InChI=1S/C31H32N4O4/c1-19-7-5-6-8-27(19)34-31(39)33-26-15-13-25(14-16-26)29-21(3)32-22(4)35(30(29)38)18-23-9-11-24(12-10-23)20(2)17-28(36)37/h5-16,20H,17-18H2,1-4H3,(H,36,37)(H2,33,34,39). The molecule has 0 bridgehead atoms. The number of aliphatic carboxylic acids is 1. The zero-order chi connectivity index (χ0) is 28.1. The van der Waals surface area contributed by atoms with Gasteiger partial charge >= 0.3 is 12.0 Å². The maximum atomic E-state index is 13.6. The van der Waals surface area contributed by atoms with Crippen molar-refractivity contribution in [2.75, 3.05) is 10.6 Å². The molecule has 1 atom stereocenters. The second-order valence-corrected chi connectivity index (χ2v) is 9.72. The summed E-state index contributed by atoms with van der Waals surface area (Å²) in [6.45, 7) is 7.77. The molecule has 0 fully saturated rings. The summed E-state index contributed by atoms with van der Waals surface area (Å²) in [7, 11) is 0. The van der Waals surface area contributed by atoms with Crippen LogP contribution in [0.15, 0.2) is 77.6 Å². The molecule has 0 saturated carbocycles. The Morgan fingerprint density at radius 1 is 0.923 bits per heavy atom. The number of anilines is 2. The Hall–Kier alpha value is -4.72. The summed E-state index contributed by atoms with van der Waals surface area (Å²) in [6.07, 6.45) is 0.0643. The number of carbonyl (C=O) groups is 2. The van der Waals surface area contributed by atoms with Gasteiger partial charge in [-0.05, 0) is 67.1 Å². The number of urea groups is 1. The summed E-state index contributed by atoms with van der Waals surface area (Å²) in [5.41, 5.74) is 5.84. The molecule has 0 aliphatic rings. The van der Waals surface area contributed by atoms with Gasteiger partial charge in [0.15, 0.2) is 0 Å². The van der Waals surface area contributed by atoms with Gasteiger partial charge in [-0.3, -0.25) is 14.2 Å². The molecule has 8 nitrogen and oxygen atoms in total. The van der Waals surface area contributed by atoms with Crippen molar-refractivity contribution in [3.63, 3.8) is 0 Å². The summed E-state index contributed by atoms with van der Waals surface area (Å²) >= 11 is 0. The van der Waals surface area contributed by atoms with E-state index in [-0.39, 0.29) is 23.9 Å². The average molecular weight is 525 g/mol. The van der Waals surface area contributed by atoms with Crippen LogP contribution >= 0.6 is 0 Å². The number of carbonyl (C=O) groups excluding carboxylic acids is 1. The van der Waals surface area contributed by atoms with E-state index in [9.17, 15) is 14.4 Å². The Bertz CT molecular complexity index is 1560. The highest BCUT2D eigenvalue weighted by molar-refractivity contribution is 6.00. The zero-order valence-corrected chi connectivity index (χ0v) is 22.5. The number of benzene rings is 3. The molecule has 8 heteroatoms. The van der Waals surface area contributed by atoms with Crippen LogP contribution < -0.4 is 16.2 Å². The zero-order valence-electron chi connectivity index (χ0n) is 22.5. The fraction of sp³-hybridized carbons (Fsp3) is 0.226. The monoisotopic (exact) mass is 524 g/mol. The molecule has 0 aliphatic carbocycles. The van der Waals surface area contributed by atoms with E-state index in [1.807, 2.05) is 76.2 Å². The molecule has 3 N–H and O–H groups in total. The maximum Gasteiger partial charge on any atom is 0.323 e. The van der Waals surface area contributed by atoms with Gasteiger partial charge in [0.05, 0.1) is 24.2 Å². The van der Waals surface area contributed by atoms with Gasteiger partial charge in [0.1, 0.15) is 5.82 Å². The molecule has 4 aromatic rings. The number of nitrogens with one attached hydrogen (secondary N) is 2. The van der Waals surface area contributed by atoms with E-state index in [1.165, 1.54) is 0 Å². The maximum absolute atomic E-state index is 13.6. The highest BCUT2D eigenvalue weighted by Gasteiger charge is 2.15. The Morgan fingerprint density at radius 3 is 2.23 bits per heavy atom. The number of para-hydroxylation sites is 1. The number of carboxylic acids is 1. The predicted octanol–water partition coefficient (Wildman–Crippen LogP) is 6.11. The Morgan fingerprint density at radius 2 is 1.59 bits per heavy atom. The van der Waals surface area contributed by atoms with E-state index in [0.29, 0.717) is 34.9 Å². The predicted molar refractivity (Wildman–Crippen MR) is 153 cm³/mol. The van der Waals surface area contributed by atoms with Crippen molar-refractivity contribution in [1.82, 2.24) is 9.55 Å². The van der Waals surface area contributed by atoms with Crippen molar-refractivity contribution in [2.24, 2.45) is 0 Å². The van der Waals surface area contributed by atoms with Gasteiger partial charge in [-0.2, -0.15) is 0 Å². The van der Waals surface area contributed by atoms with Crippen LogP contribution in [0.25, 0.3) is 11.1 Å². The van der Waals surface area contributed by atoms with E-state index in [2.05, 4.69) is 15.6 Å². The first-order valence-corrected chi connectivity index (χ1v) is 12.7. The largest absolute Gasteiger partial charge is 0.481 e. The first-order chi connectivity index (χ1) is 18.6. The Labute approximate surface area is 227 Å². The highest BCUT2D eigenvalue weighted by Crippen LogP contribution is 2.23. The molecule has 0 spiro atoms. The summed E-state index contributed by atoms with van der Waals surface area (Å²) in [5, 5.41) is 14.7. The molecule has 3 aromatic carbocycles. The van der Waals surface area contributed by atoms with Crippen molar-refractivity contribution >= 4 is 23.4 Å². The van der Waals surface area contributed by atoms with Crippen LogP contribution in [-0.2, 0) is 11.3 Å². The number of aromatic nitrogens is 2. The summed E-state index contributed by atoms with van der Waals surface area (Å²) in [5.74, 6) is -0.322. The molecule has 4 rings (SSSR count). The molecule has 0 aliphatic heterocycles. The molecule has 1 heterocycles. The number of nitrogens with zero attached hydrogens (tertiary/aromatic N) is 2. The lowest BCUT2D eigenvalue weighted by molar-refractivity contribution is -0.137. The first kappa shape index (κ1) is 27.3. The normalized spacial score (nSPS) is 11.6. The van der Waals surface area contributed by atoms with Crippen LogP contribution in [0, 0.1) is 20.8 Å². The van der Waals surface area contributed by atoms with Crippen molar-refractivity contribution in [1.29, 1.82) is 0 Å². The molecule has 0 radical (unpaired) electrons. The number of amides is 2. The van der Waals surface area contributed by atoms with Gasteiger partial charge in [0.2, 0.25) is 0 Å². The van der Waals surface area contributed by atoms with Crippen LogP contribution in [0.2, 0.25) is 0 Å². The minimum atomic E-state index is -0.832. The number of hydrogen-bond acceptors (Lipinski definition) is 4. The SMILES string of the molecule is Cc1ccccc1NC(=O)Nc1ccc(-c2c(C)nc(C)n(Cc3ccc(C(C)CC(=O)O)cc3)c2=O)cc1. The fourth-order valence-corrected chi connectivity index (χ4v) is 4.55. The van der Waals surface area contributed by atoms with Crippen molar-refractivity contribution in [3.05, 3.63) is 111 Å². The van der Waals surface area contributed by atoms with Crippen LogP contribution in [-0.4, -0.2) is 26.7 Å². The summed E-state index contributed by atoms with van der Waals surface area (Å²) in [4.78, 5) is 41.7. The fourth-order valence-electron chi connectivity index (χ4n) is 4.55. The molecule has 1 unspecified atom stereocenters. The van der Waals surface area contributed by atoms with E-state index in [0.717, 1.165) is 22.4 Å². The number of aryl methyl sites for hydroxylation is 3. The number of carboxylic acid groups (broad SMARTS) is 1. The molecule has 2 amide bonds. The quantitative estimate of drug-likeness (QED) is 0.258. The third-order valence-corrected chi connectivity index (χ3v) is 6.74. The van der Waals surface area contributed by atoms with Gasteiger partial charge in [0.25, 0.3) is 5.56 Å². The van der Waals surface area contributed by atoms with E-state index in [4.69, 9.17) is 5.11 Å². The number of hydrogen-bond donors (Lipinski definition) is 3. The first-order valence-electron chi connectivity index (χ1n) is 12.7. The molecular weight excluding hydrogens is 492 g/mol. The van der Waals surface area contributed by atoms with E-state index >= 15 is 0 Å². The molecule has 39 heavy (non-hydrogen) atoms. The third-order valence-electron chi connectivity index (χ3n) is 6.74.